The van der Waals surface area contributed by atoms with Crippen LogP contribution in [0.4, 0.5) is 5.95 Å². The monoisotopic (exact) mass is 500 g/mol. The van der Waals surface area contributed by atoms with E-state index in [1.54, 1.807) is 18.2 Å². The van der Waals surface area contributed by atoms with E-state index >= 15 is 0 Å². The van der Waals surface area contributed by atoms with Crippen LogP contribution in [-0.2, 0) is 13.6 Å². The van der Waals surface area contributed by atoms with Crippen LogP contribution in [0.5, 0.6) is 11.5 Å². The zero-order valence-corrected chi connectivity index (χ0v) is 19.8. The number of aliphatic hydroxyl groups excluding tert-OH is 1. The Hall–Kier alpha value is -4.90. The highest BCUT2D eigenvalue weighted by atomic mass is 16.5. The Morgan fingerprint density at radius 3 is 2.68 bits per heavy atom. The SMILES string of the molecule is Cn1c(=O)[nH]c(=O)c2c1nc(N/N=C\c1ccccc1O)n2C[C@H](O)COc1ccc2ccccc2c1. The predicted octanol–water partition coefficient (Wildman–Crippen LogP) is 2.17. The smallest absolute Gasteiger partial charge is 0.329 e. The maximum Gasteiger partial charge on any atom is 0.329 e. The van der Waals surface area contributed by atoms with Gasteiger partial charge in [-0.1, -0.05) is 42.5 Å². The van der Waals surface area contributed by atoms with Crippen molar-refractivity contribution in [3.63, 3.8) is 0 Å². The number of aromatic amines is 1. The Bertz CT molecular complexity index is 1740. The van der Waals surface area contributed by atoms with Crippen LogP contribution >= 0.6 is 0 Å². The summed E-state index contributed by atoms with van der Waals surface area (Å²) >= 11 is 0. The fourth-order valence-corrected chi connectivity index (χ4v) is 3.97. The number of fused-ring (bicyclic) bond motifs is 2. The topological polar surface area (TPSA) is 147 Å². The molecular formula is C26H24N6O5. The van der Waals surface area contributed by atoms with Crippen molar-refractivity contribution < 1.29 is 14.9 Å². The molecule has 0 bridgehead atoms. The van der Waals surface area contributed by atoms with Crippen LogP contribution in [-0.4, -0.2) is 48.2 Å². The maximum absolute atomic E-state index is 12.7. The number of hydrazone groups is 1. The molecule has 2 heterocycles. The average molecular weight is 501 g/mol. The predicted molar refractivity (Wildman–Crippen MR) is 140 cm³/mol. The van der Waals surface area contributed by atoms with Crippen molar-refractivity contribution in [2.75, 3.05) is 12.0 Å². The number of nitrogens with zero attached hydrogens (tertiary/aromatic N) is 4. The van der Waals surface area contributed by atoms with E-state index in [4.69, 9.17) is 4.74 Å². The molecule has 11 nitrogen and oxygen atoms in total. The van der Waals surface area contributed by atoms with Crippen molar-refractivity contribution >= 4 is 34.1 Å². The number of aromatic nitrogens is 4. The van der Waals surface area contributed by atoms with Crippen molar-refractivity contribution in [3.05, 3.63) is 93.1 Å². The minimum atomic E-state index is -1.02. The number of phenols is 1. The number of rotatable bonds is 8. The lowest BCUT2D eigenvalue weighted by molar-refractivity contribution is 0.0939. The summed E-state index contributed by atoms with van der Waals surface area (Å²) in [6.45, 7) is -0.123. The summed E-state index contributed by atoms with van der Waals surface area (Å²) in [5.41, 5.74) is 2.15. The van der Waals surface area contributed by atoms with Crippen LogP contribution in [0.2, 0.25) is 0 Å². The third-order valence-corrected chi connectivity index (χ3v) is 5.87. The number of aliphatic hydroxyl groups is 1. The van der Waals surface area contributed by atoms with Gasteiger partial charge in [0.25, 0.3) is 5.56 Å². The molecule has 0 radical (unpaired) electrons. The lowest BCUT2D eigenvalue weighted by Gasteiger charge is -2.15. The fourth-order valence-electron chi connectivity index (χ4n) is 3.97. The van der Waals surface area contributed by atoms with Gasteiger partial charge in [0.1, 0.15) is 24.2 Å². The molecule has 0 fully saturated rings. The minimum absolute atomic E-state index is 0.0432. The van der Waals surface area contributed by atoms with Gasteiger partial charge in [0, 0.05) is 12.6 Å². The van der Waals surface area contributed by atoms with Crippen molar-refractivity contribution in [1.29, 1.82) is 0 Å². The molecule has 188 valence electrons. The van der Waals surface area contributed by atoms with E-state index in [1.807, 2.05) is 42.5 Å². The number of H-pyrrole nitrogens is 1. The van der Waals surface area contributed by atoms with Gasteiger partial charge < -0.3 is 19.5 Å². The van der Waals surface area contributed by atoms with Crippen molar-refractivity contribution in [2.24, 2.45) is 12.1 Å². The molecule has 0 unspecified atom stereocenters. The molecule has 4 N–H and O–H groups in total. The second-order valence-electron chi connectivity index (χ2n) is 8.44. The zero-order chi connectivity index (χ0) is 25.9. The number of anilines is 1. The fraction of sp³-hybridized carbons (Fsp3) is 0.154. The van der Waals surface area contributed by atoms with E-state index in [0.29, 0.717) is 11.3 Å². The molecule has 2 aromatic heterocycles. The molecule has 0 spiro atoms. The zero-order valence-electron chi connectivity index (χ0n) is 19.8. The first kappa shape index (κ1) is 23.8. The first-order valence-corrected chi connectivity index (χ1v) is 11.5. The van der Waals surface area contributed by atoms with Crippen LogP contribution in [0.15, 0.2) is 81.4 Å². The van der Waals surface area contributed by atoms with Crippen LogP contribution in [0.1, 0.15) is 5.56 Å². The summed E-state index contributed by atoms with van der Waals surface area (Å²) in [7, 11) is 1.48. The van der Waals surface area contributed by atoms with E-state index in [2.05, 4.69) is 20.5 Å². The molecule has 5 aromatic rings. The normalized spacial score (nSPS) is 12.4. The summed E-state index contributed by atoms with van der Waals surface area (Å²) in [6, 6.07) is 20.1. The van der Waals surface area contributed by atoms with Gasteiger partial charge in [0.2, 0.25) is 5.95 Å². The van der Waals surface area contributed by atoms with Crippen LogP contribution in [0.25, 0.3) is 21.9 Å². The van der Waals surface area contributed by atoms with Crippen LogP contribution in [0.3, 0.4) is 0 Å². The third-order valence-electron chi connectivity index (χ3n) is 5.87. The summed E-state index contributed by atoms with van der Waals surface area (Å²) in [4.78, 5) is 31.4. The van der Waals surface area contributed by atoms with Crippen LogP contribution in [0, 0.1) is 0 Å². The molecule has 0 saturated carbocycles. The van der Waals surface area contributed by atoms with Gasteiger partial charge in [-0.05, 0) is 35.0 Å². The van der Waals surface area contributed by atoms with Crippen molar-refractivity contribution in [2.45, 2.75) is 12.6 Å². The lowest BCUT2D eigenvalue weighted by atomic mass is 10.1. The largest absolute Gasteiger partial charge is 0.507 e. The molecule has 0 aliphatic carbocycles. The number of aryl methyl sites for hydroxylation is 1. The first-order chi connectivity index (χ1) is 17.9. The third kappa shape index (κ3) is 4.93. The average Bonchev–Trinajstić information content (AvgIpc) is 3.25. The van der Waals surface area contributed by atoms with E-state index in [1.165, 1.54) is 28.5 Å². The Morgan fingerprint density at radius 2 is 1.86 bits per heavy atom. The molecule has 37 heavy (non-hydrogen) atoms. The van der Waals surface area contributed by atoms with Crippen LogP contribution < -0.4 is 21.4 Å². The molecule has 0 amide bonds. The Balaban J connectivity index is 1.41. The first-order valence-electron chi connectivity index (χ1n) is 11.5. The van der Waals surface area contributed by atoms with Gasteiger partial charge in [0.05, 0.1) is 12.8 Å². The molecule has 0 aliphatic heterocycles. The Morgan fingerprint density at radius 1 is 1.11 bits per heavy atom. The van der Waals surface area contributed by atoms with Crippen molar-refractivity contribution in [1.82, 2.24) is 19.1 Å². The quantitative estimate of drug-likeness (QED) is 0.189. The van der Waals surface area contributed by atoms with Gasteiger partial charge >= 0.3 is 5.69 Å². The summed E-state index contributed by atoms with van der Waals surface area (Å²) in [5, 5.41) is 26.9. The second kappa shape index (κ2) is 9.99. The number of para-hydroxylation sites is 1. The van der Waals surface area contributed by atoms with Gasteiger partial charge in [0.15, 0.2) is 11.2 Å². The number of imidazole rings is 1. The highest BCUT2D eigenvalue weighted by Crippen LogP contribution is 2.21. The number of phenolic OH excluding ortho intramolecular Hbond substituents is 1. The van der Waals surface area contributed by atoms with Gasteiger partial charge in [-0.3, -0.25) is 14.3 Å². The van der Waals surface area contributed by atoms with E-state index in [9.17, 15) is 19.8 Å². The Kier molecular flexibility index (Phi) is 6.43. The van der Waals surface area contributed by atoms with E-state index in [0.717, 1.165) is 10.8 Å². The molecule has 0 saturated heterocycles. The number of hydrogen-bond acceptors (Lipinski definition) is 8. The number of ether oxygens (including phenoxy) is 1. The molecule has 3 aromatic carbocycles. The minimum Gasteiger partial charge on any atom is -0.507 e. The summed E-state index contributed by atoms with van der Waals surface area (Å²) in [5.74, 6) is 0.763. The number of aromatic hydroxyl groups is 1. The maximum atomic E-state index is 12.7. The van der Waals surface area contributed by atoms with Gasteiger partial charge in [-0.2, -0.15) is 10.1 Å². The van der Waals surface area contributed by atoms with Crippen molar-refractivity contribution in [3.8, 4) is 11.5 Å². The number of benzene rings is 3. The molecule has 11 heteroatoms. The van der Waals surface area contributed by atoms with E-state index < -0.39 is 17.4 Å². The summed E-state index contributed by atoms with van der Waals surface area (Å²) < 4.78 is 8.43. The van der Waals surface area contributed by atoms with Gasteiger partial charge in [-0.25, -0.2) is 10.2 Å². The standard InChI is InChI=1S/C26H24N6O5/c1-31-23-22(24(35)29-26(31)36)32(25(28-23)30-27-13-18-8-4-5-9-21(18)34)14-19(33)15-37-20-11-10-16-6-2-3-7-17(16)12-20/h2-13,19,33-34H,14-15H2,1H3,(H,28,30)(H,29,35,36)/b27-13-/t19-/m0/s1. The highest BCUT2D eigenvalue weighted by molar-refractivity contribution is 5.84. The number of hydrogen-bond donors (Lipinski definition) is 4. The second-order valence-corrected chi connectivity index (χ2v) is 8.44. The molecule has 1 atom stereocenters. The summed E-state index contributed by atoms with van der Waals surface area (Å²) in [6.07, 6.45) is 0.366. The lowest BCUT2D eigenvalue weighted by Crippen LogP contribution is -2.30. The van der Waals surface area contributed by atoms with E-state index in [-0.39, 0.29) is 36.0 Å². The molecular weight excluding hydrogens is 476 g/mol. The molecule has 0 aliphatic rings. The molecule has 5 rings (SSSR count). The Labute approximate surface area is 209 Å². The number of nitrogens with one attached hydrogen (secondary N) is 2. The van der Waals surface area contributed by atoms with Gasteiger partial charge in [-0.15, -0.1) is 0 Å². The highest BCUT2D eigenvalue weighted by Gasteiger charge is 2.20.